The Hall–Kier alpha value is -1.10. The van der Waals surface area contributed by atoms with Gasteiger partial charge in [0.2, 0.25) is 5.91 Å². The standard InChI is InChI=1S/C19H29N3O.ClH/c1-15-12-17(8-9-20-15)19(23)21-18-7-5-6-16(13-18)14-22-10-3-2-4-11-22;/h5-7,13,15,17,20H,2-4,8-12,14H2,1H3,(H,21,23);1H/t15-,17-;/m0./s1. The minimum absolute atomic E-state index is 0. The van der Waals surface area contributed by atoms with E-state index in [0.717, 1.165) is 31.6 Å². The van der Waals surface area contributed by atoms with Crippen LogP contribution in [0, 0.1) is 5.92 Å². The van der Waals surface area contributed by atoms with Crippen LogP contribution in [0.4, 0.5) is 5.69 Å². The molecule has 3 rings (SSSR count). The van der Waals surface area contributed by atoms with E-state index in [4.69, 9.17) is 0 Å². The first-order valence-corrected chi connectivity index (χ1v) is 9.06. The largest absolute Gasteiger partial charge is 0.326 e. The SMILES string of the molecule is C[C@H]1C[C@@H](C(=O)Nc2cccc(CN3CCCCC3)c2)CCN1.Cl. The number of likely N-dealkylation sites (tertiary alicyclic amines) is 1. The van der Waals surface area contributed by atoms with Crippen molar-refractivity contribution in [3.05, 3.63) is 29.8 Å². The van der Waals surface area contributed by atoms with Crippen LogP contribution in [-0.4, -0.2) is 36.5 Å². The van der Waals surface area contributed by atoms with Crippen LogP contribution in [0.3, 0.4) is 0 Å². The number of benzene rings is 1. The lowest BCUT2D eigenvalue weighted by molar-refractivity contribution is -0.120. The highest BCUT2D eigenvalue weighted by Gasteiger charge is 2.24. The third kappa shape index (κ3) is 5.47. The highest BCUT2D eigenvalue weighted by Crippen LogP contribution is 2.20. The summed E-state index contributed by atoms with van der Waals surface area (Å²) in [5.41, 5.74) is 2.24. The van der Waals surface area contributed by atoms with Gasteiger partial charge in [-0.25, -0.2) is 0 Å². The number of halogens is 1. The van der Waals surface area contributed by atoms with E-state index in [1.807, 2.05) is 6.07 Å². The minimum Gasteiger partial charge on any atom is -0.326 e. The third-order valence-electron chi connectivity index (χ3n) is 5.04. The second-order valence-corrected chi connectivity index (χ2v) is 7.10. The Labute approximate surface area is 151 Å². The first-order chi connectivity index (χ1) is 11.2. The molecule has 2 heterocycles. The van der Waals surface area contributed by atoms with E-state index < -0.39 is 0 Å². The fourth-order valence-electron chi connectivity index (χ4n) is 3.74. The van der Waals surface area contributed by atoms with Gasteiger partial charge >= 0.3 is 0 Å². The number of rotatable bonds is 4. The van der Waals surface area contributed by atoms with E-state index in [-0.39, 0.29) is 24.2 Å². The van der Waals surface area contributed by atoms with Crippen LogP contribution in [0.2, 0.25) is 0 Å². The van der Waals surface area contributed by atoms with Crippen LogP contribution >= 0.6 is 12.4 Å². The van der Waals surface area contributed by atoms with Crippen LogP contribution < -0.4 is 10.6 Å². The lowest BCUT2D eigenvalue weighted by Gasteiger charge is -2.27. The minimum atomic E-state index is 0. The zero-order valence-corrected chi connectivity index (χ0v) is 15.4. The van der Waals surface area contributed by atoms with Gasteiger partial charge in [-0.3, -0.25) is 9.69 Å². The summed E-state index contributed by atoms with van der Waals surface area (Å²) in [6.45, 7) is 6.48. The molecular weight excluding hydrogens is 322 g/mol. The van der Waals surface area contributed by atoms with Crippen LogP contribution in [0.1, 0.15) is 44.6 Å². The Bertz CT molecular complexity index is 531. The van der Waals surface area contributed by atoms with E-state index >= 15 is 0 Å². The van der Waals surface area contributed by atoms with Gasteiger partial charge in [0.25, 0.3) is 0 Å². The van der Waals surface area contributed by atoms with Gasteiger partial charge in [0, 0.05) is 24.2 Å². The fourth-order valence-corrected chi connectivity index (χ4v) is 3.74. The molecule has 0 aromatic heterocycles. The van der Waals surface area contributed by atoms with Gasteiger partial charge in [0.05, 0.1) is 0 Å². The number of anilines is 1. The van der Waals surface area contributed by atoms with E-state index in [1.165, 1.54) is 37.9 Å². The maximum atomic E-state index is 12.5. The molecule has 0 unspecified atom stereocenters. The van der Waals surface area contributed by atoms with Gasteiger partial charge in [0.15, 0.2) is 0 Å². The number of piperidine rings is 2. The van der Waals surface area contributed by atoms with Gasteiger partial charge in [-0.05, 0) is 69.9 Å². The van der Waals surface area contributed by atoms with Crippen molar-refractivity contribution in [2.24, 2.45) is 5.92 Å². The van der Waals surface area contributed by atoms with Crippen molar-refractivity contribution in [1.29, 1.82) is 0 Å². The number of nitrogens with zero attached hydrogens (tertiary/aromatic N) is 1. The van der Waals surface area contributed by atoms with E-state index in [0.29, 0.717) is 6.04 Å². The summed E-state index contributed by atoms with van der Waals surface area (Å²) < 4.78 is 0. The van der Waals surface area contributed by atoms with Gasteiger partial charge < -0.3 is 10.6 Å². The molecule has 2 N–H and O–H groups in total. The summed E-state index contributed by atoms with van der Waals surface area (Å²) in [7, 11) is 0. The maximum absolute atomic E-state index is 12.5. The van der Waals surface area contributed by atoms with Gasteiger partial charge in [-0.15, -0.1) is 12.4 Å². The van der Waals surface area contributed by atoms with Crippen molar-refractivity contribution < 1.29 is 4.79 Å². The Morgan fingerprint density at radius 1 is 1.29 bits per heavy atom. The van der Waals surface area contributed by atoms with Crippen molar-refractivity contribution in [2.45, 2.75) is 51.6 Å². The molecule has 2 atom stereocenters. The van der Waals surface area contributed by atoms with E-state index in [2.05, 4.69) is 40.7 Å². The number of hydrogen-bond donors (Lipinski definition) is 2. The predicted molar refractivity (Wildman–Crippen MR) is 102 cm³/mol. The number of hydrogen-bond acceptors (Lipinski definition) is 3. The third-order valence-corrected chi connectivity index (χ3v) is 5.04. The number of carbonyl (C=O) groups is 1. The zero-order valence-electron chi connectivity index (χ0n) is 14.6. The predicted octanol–water partition coefficient (Wildman–Crippen LogP) is 3.42. The molecule has 24 heavy (non-hydrogen) atoms. The van der Waals surface area contributed by atoms with Crippen molar-refractivity contribution in [3.63, 3.8) is 0 Å². The molecule has 5 heteroatoms. The van der Waals surface area contributed by atoms with Crippen LogP contribution in [-0.2, 0) is 11.3 Å². The molecule has 2 fully saturated rings. The van der Waals surface area contributed by atoms with Crippen LogP contribution in [0.5, 0.6) is 0 Å². The van der Waals surface area contributed by atoms with Crippen molar-refractivity contribution >= 4 is 24.0 Å². The Morgan fingerprint density at radius 3 is 2.83 bits per heavy atom. The molecule has 2 saturated heterocycles. The smallest absolute Gasteiger partial charge is 0.227 e. The molecule has 4 nitrogen and oxygen atoms in total. The van der Waals surface area contributed by atoms with Gasteiger partial charge in [0.1, 0.15) is 0 Å². The van der Waals surface area contributed by atoms with Crippen molar-refractivity contribution in [2.75, 3.05) is 25.0 Å². The molecule has 1 aromatic carbocycles. The maximum Gasteiger partial charge on any atom is 0.227 e. The average Bonchev–Trinajstić information content (AvgIpc) is 2.56. The normalized spacial score (nSPS) is 24.9. The molecule has 1 amide bonds. The molecule has 0 saturated carbocycles. The molecule has 0 aliphatic carbocycles. The second kappa shape index (κ2) is 9.40. The Balaban J connectivity index is 0.00000208. The highest BCUT2D eigenvalue weighted by atomic mass is 35.5. The topological polar surface area (TPSA) is 44.4 Å². The van der Waals surface area contributed by atoms with Crippen molar-refractivity contribution in [3.8, 4) is 0 Å². The van der Waals surface area contributed by atoms with E-state index in [9.17, 15) is 4.79 Å². The number of nitrogens with one attached hydrogen (secondary N) is 2. The van der Waals surface area contributed by atoms with Crippen LogP contribution in [0.15, 0.2) is 24.3 Å². The molecule has 2 aliphatic rings. The van der Waals surface area contributed by atoms with Gasteiger partial charge in [-0.2, -0.15) is 0 Å². The summed E-state index contributed by atoms with van der Waals surface area (Å²) in [6, 6.07) is 8.79. The Morgan fingerprint density at radius 2 is 2.08 bits per heavy atom. The summed E-state index contributed by atoms with van der Waals surface area (Å²) in [6.07, 6.45) is 5.85. The van der Waals surface area contributed by atoms with Crippen molar-refractivity contribution in [1.82, 2.24) is 10.2 Å². The summed E-state index contributed by atoms with van der Waals surface area (Å²) in [5.74, 6) is 0.311. The highest BCUT2D eigenvalue weighted by molar-refractivity contribution is 5.92. The quantitative estimate of drug-likeness (QED) is 0.873. The molecule has 0 radical (unpaired) electrons. The molecule has 2 aliphatic heterocycles. The monoisotopic (exact) mass is 351 g/mol. The van der Waals surface area contributed by atoms with Gasteiger partial charge in [-0.1, -0.05) is 18.6 Å². The molecular formula is C19H30ClN3O. The lowest BCUT2D eigenvalue weighted by Crippen LogP contribution is -2.40. The average molecular weight is 352 g/mol. The zero-order chi connectivity index (χ0) is 16.1. The summed E-state index contributed by atoms with van der Waals surface area (Å²) >= 11 is 0. The second-order valence-electron chi connectivity index (χ2n) is 7.10. The molecule has 0 bridgehead atoms. The number of carbonyl (C=O) groups excluding carboxylic acids is 1. The first-order valence-electron chi connectivity index (χ1n) is 9.06. The Kier molecular flexibility index (Phi) is 7.53. The number of amides is 1. The van der Waals surface area contributed by atoms with E-state index in [1.54, 1.807) is 0 Å². The summed E-state index contributed by atoms with van der Waals surface area (Å²) in [5, 5.41) is 6.52. The first kappa shape index (κ1) is 19.2. The lowest BCUT2D eigenvalue weighted by atomic mass is 9.92. The summed E-state index contributed by atoms with van der Waals surface area (Å²) in [4.78, 5) is 15.0. The van der Waals surface area contributed by atoms with Crippen LogP contribution in [0.25, 0.3) is 0 Å². The molecule has 1 aromatic rings. The molecule has 0 spiro atoms. The molecule has 134 valence electrons. The fraction of sp³-hybridized carbons (Fsp3) is 0.632.